The highest BCUT2D eigenvalue weighted by Gasteiger charge is 2.37. The summed E-state index contributed by atoms with van der Waals surface area (Å²) >= 11 is 2.97. The number of halogens is 1. The van der Waals surface area contributed by atoms with E-state index in [1.54, 1.807) is 0 Å². The second-order valence-electron chi connectivity index (χ2n) is 2.57. The highest BCUT2D eigenvalue weighted by molar-refractivity contribution is 9.11. The van der Waals surface area contributed by atoms with Gasteiger partial charge < -0.3 is 15.3 Å². The van der Waals surface area contributed by atoms with E-state index in [0.29, 0.717) is 4.48 Å². The van der Waals surface area contributed by atoms with Crippen LogP contribution < -0.4 is 0 Å². The van der Waals surface area contributed by atoms with Crippen molar-refractivity contribution in [1.29, 1.82) is 0 Å². The summed E-state index contributed by atoms with van der Waals surface area (Å²) in [5.74, 6) is -1.53. The van der Waals surface area contributed by atoms with Crippen LogP contribution in [-0.4, -0.2) is 26.9 Å². The zero-order valence-electron chi connectivity index (χ0n) is 5.99. The molecular weight excluding hydrogens is 228 g/mol. The first-order chi connectivity index (χ1) is 5.44. The maximum atomic E-state index is 10.5. The average molecular weight is 235 g/mol. The zero-order valence-corrected chi connectivity index (χ0v) is 7.58. The van der Waals surface area contributed by atoms with Crippen molar-refractivity contribution in [3.05, 3.63) is 22.4 Å². The summed E-state index contributed by atoms with van der Waals surface area (Å²) in [5, 5.41) is 27.0. The van der Waals surface area contributed by atoms with E-state index in [4.69, 9.17) is 10.2 Å². The summed E-state index contributed by atoms with van der Waals surface area (Å²) in [5.41, 5.74) is -1.99. The van der Waals surface area contributed by atoms with Gasteiger partial charge in [-0.2, -0.15) is 0 Å². The van der Waals surface area contributed by atoms with Crippen LogP contribution in [0.15, 0.2) is 22.4 Å². The number of rotatable bonds is 1. The second kappa shape index (κ2) is 2.91. The number of allylic oxidation sites excluding steroid dienone is 2. The van der Waals surface area contributed by atoms with Crippen LogP contribution in [0.25, 0.3) is 0 Å². The molecular formula is C7H7BrO4. The largest absolute Gasteiger partial charge is 0.512 e. The molecule has 66 valence electrons. The molecule has 1 atom stereocenters. The van der Waals surface area contributed by atoms with Gasteiger partial charge in [-0.1, -0.05) is 15.9 Å². The molecule has 1 aliphatic carbocycles. The van der Waals surface area contributed by atoms with Crippen molar-refractivity contribution in [1.82, 2.24) is 0 Å². The maximum absolute atomic E-state index is 10.5. The minimum atomic E-state index is -1.99. The molecule has 1 rings (SSSR count). The lowest BCUT2D eigenvalue weighted by Crippen LogP contribution is -2.38. The molecule has 0 aromatic heterocycles. The zero-order chi connectivity index (χ0) is 9.35. The lowest BCUT2D eigenvalue weighted by Gasteiger charge is -2.22. The van der Waals surface area contributed by atoms with Gasteiger partial charge >= 0.3 is 5.97 Å². The van der Waals surface area contributed by atoms with Gasteiger partial charge in [0.25, 0.3) is 0 Å². The van der Waals surface area contributed by atoms with Gasteiger partial charge in [0, 0.05) is 10.9 Å². The number of hydrogen-bond donors (Lipinski definition) is 3. The molecule has 0 radical (unpaired) electrons. The van der Waals surface area contributed by atoms with Gasteiger partial charge in [-0.25, -0.2) is 4.79 Å². The number of aliphatic hydroxyl groups is 2. The molecule has 1 unspecified atom stereocenters. The minimum absolute atomic E-state index is 0.158. The number of hydrogen-bond acceptors (Lipinski definition) is 3. The predicted octanol–water partition coefficient (Wildman–Crippen LogP) is 0.927. The van der Waals surface area contributed by atoms with Gasteiger partial charge in [-0.3, -0.25) is 0 Å². The quantitative estimate of drug-likeness (QED) is 0.631. The molecule has 0 amide bonds. The van der Waals surface area contributed by atoms with Crippen LogP contribution in [-0.2, 0) is 4.79 Å². The van der Waals surface area contributed by atoms with Gasteiger partial charge in [0.05, 0.1) is 5.76 Å². The Hall–Kier alpha value is -0.810. The number of carboxylic acids is 1. The standard InChI is InChI=1S/C7H7BrO4/c8-4-1-5(9)3-7(12,2-4)6(10)11/h1-2,9,12H,3H2,(H,10,11). The first-order valence-corrected chi connectivity index (χ1v) is 3.97. The molecule has 0 aromatic carbocycles. The molecule has 1 aliphatic rings. The Morgan fingerprint density at radius 1 is 1.67 bits per heavy atom. The Labute approximate surface area is 77.0 Å². The van der Waals surface area contributed by atoms with Crippen molar-refractivity contribution >= 4 is 21.9 Å². The van der Waals surface area contributed by atoms with Crippen LogP contribution in [0.2, 0.25) is 0 Å². The fourth-order valence-electron chi connectivity index (χ4n) is 0.944. The third-order valence-electron chi connectivity index (χ3n) is 1.50. The summed E-state index contributed by atoms with van der Waals surface area (Å²) < 4.78 is 0.358. The SMILES string of the molecule is O=C(O)C1(O)C=C(Br)C=C(O)C1. The average Bonchev–Trinajstić information content (AvgIpc) is 1.82. The number of carboxylic acid groups (broad SMARTS) is 1. The van der Waals surface area contributed by atoms with E-state index in [9.17, 15) is 9.90 Å². The molecule has 0 saturated carbocycles. The molecule has 0 heterocycles. The van der Waals surface area contributed by atoms with E-state index < -0.39 is 11.6 Å². The van der Waals surface area contributed by atoms with Crippen LogP contribution in [0.1, 0.15) is 6.42 Å². The summed E-state index contributed by atoms with van der Waals surface area (Å²) in [6, 6.07) is 0. The molecule has 4 nitrogen and oxygen atoms in total. The minimum Gasteiger partial charge on any atom is -0.512 e. The number of carbonyl (C=O) groups is 1. The van der Waals surface area contributed by atoms with Crippen LogP contribution in [0.5, 0.6) is 0 Å². The molecule has 0 spiro atoms. The molecule has 3 N–H and O–H groups in total. The van der Waals surface area contributed by atoms with Crippen LogP contribution >= 0.6 is 15.9 Å². The first kappa shape index (κ1) is 9.28. The van der Waals surface area contributed by atoms with Gasteiger partial charge in [-0.15, -0.1) is 0 Å². The first-order valence-electron chi connectivity index (χ1n) is 3.18. The summed E-state index contributed by atoms with van der Waals surface area (Å²) in [6.07, 6.45) is 2.18. The molecule has 0 aliphatic heterocycles. The second-order valence-corrected chi connectivity index (χ2v) is 3.49. The van der Waals surface area contributed by atoms with Gasteiger partial charge in [0.15, 0.2) is 5.60 Å². The maximum Gasteiger partial charge on any atom is 0.340 e. The third kappa shape index (κ3) is 1.67. The van der Waals surface area contributed by atoms with Gasteiger partial charge in [-0.05, 0) is 12.2 Å². The van der Waals surface area contributed by atoms with E-state index in [-0.39, 0.29) is 12.2 Å². The number of aliphatic hydroxyl groups excluding tert-OH is 1. The molecule has 0 saturated heterocycles. The fraction of sp³-hybridized carbons (Fsp3) is 0.286. The highest BCUT2D eigenvalue weighted by Crippen LogP contribution is 2.27. The fourth-order valence-corrected chi connectivity index (χ4v) is 1.59. The lowest BCUT2D eigenvalue weighted by molar-refractivity contribution is -0.153. The molecule has 5 heteroatoms. The van der Waals surface area contributed by atoms with E-state index >= 15 is 0 Å². The van der Waals surface area contributed by atoms with Crippen LogP contribution in [0, 0.1) is 0 Å². The Kier molecular flexibility index (Phi) is 2.25. The highest BCUT2D eigenvalue weighted by atomic mass is 79.9. The van der Waals surface area contributed by atoms with E-state index in [0.717, 1.165) is 6.08 Å². The third-order valence-corrected chi connectivity index (χ3v) is 1.96. The van der Waals surface area contributed by atoms with Crippen molar-refractivity contribution in [3.63, 3.8) is 0 Å². The monoisotopic (exact) mass is 234 g/mol. The van der Waals surface area contributed by atoms with E-state index in [1.165, 1.54) is 6.08 Å². The molecule has 0 aromatic rings. The summed E-state index contributed by atoms with van der Waals surface area (Å²) in [4.78, 5) is 10.5. The van der Waals surface area contributed by atoms with E-state index in [2.05, 4.69) is 15.9 Å². The predicted molar refractivity (Wildman–Crippen MR) is 44.9 cm³/mol. The van der Waals surface area contributed by atoms with Crippen molar-refractivity contribution in [2.75, 3.05) is 0 Å². The van der Waals surface area contributed by atoms with Gasteiger partial charge in [0.1, 0.15) is 0 Å². The smallest absolute Gasteiger partial charge is 0.340 e. The summed E-state index contributed by atoms with van der Waals surface area (Å²) in [6.45, 7) is 0. The Bertz CT molecular complexity index is 281. The number of aliphatic carboxylic acids is 1. The Morgan fingerprint density at radius 2 is 2.25 bits per heavy atom. The van der Waals surface area contributed by atoms with Crippen molar-refractivity contribution in [2.45, 2.75) is 12.0 Å². The molecule has 0 fully saturated rings. The van der Waals surface area contributed by atoms with Gasteiger partial charge in [0.2, 0.25) is 0 Å². The van der Waals surface area contributed by atoms with Crippen molar-refractivity contribution < 1.29 is 20.1 Å². The molecule has 0 bridgehead atoms. The Morgan fingerprint density at radius 3 is 2.67 bits per heavy atom. The normalized spacial score (nSPS) is 29.2. The van der Waals surface area contributed by atoms with Crippen molar-refractivity contribution in [2.24, 2.45) is 0 Å². The molecule has 12 heavy (non-hydrogen) atoms. The summed E-state index contributed by atoms with van der Waals surface area (Å²) in [7, 11) is 0. The van der Waals surface area contributed by atoms with Crippen LogP contribution in [0.4, 0.5) is 0 Å². The topological polar surface area (TPSA) is 77.8 Å². The van der Waals surface area contributed by atoms with E-state index in [1.807, 2.05) is 0 Å². The van der Waals surface area contributed by atoms with Crippen molar-refractivity contribution in [3.8, 4) is 0 Å². The Balaban J connectivity index is 3.00. The lowest BCUT2D eigenvalue weighted by atomic mass is 9.94. The van der Waals surface area contributed by atoms with Crippen LogP contribution in [0.3, 0.4) is 0 Å².